The molecular weight excluding hydrogens is 276 g/mol. The SMILES string of the molecule is CN(Cc1cccc(Br)c1)CC1(N)CCCC1. The molecule has 17 heavy (non-hydrogen) atoms. The topological polar surface area (TPSA) is 29.3 Å². The second-order valence-electron chi connectivity index (χ2n) is 5.37. The van der Waals surface area contributed by atoms with Crippen LogP contribution in [0.25, 0.3) is 0 Å². The van der Waals surface area contributed by atoms with Crippen LogP contribution in [0, 0.1) is 0 Å². The lowest BCUT2D eigenvalue weighted by Gasteiger charge is -2.29. The molecule has 3 heteroatoms. The number of nitrogens with zero attached hydrogens (tertiary/aromatic N) is 1. The summed E-state index contributed by atoms with van der Waals surface area (Å²) in [6, 6.07) is 8.49. The third-order valence-electron chi connectivity index (χ3n) is 3.53. The van der Waals surface area contributed by atoms with Crippen LogP contribution in [0.5, 0.6) is 0 Å². The predicted octanol–water partition coefficient (Wildman–Crippen LogP) is 3.15. The molecule has 1 aliphatic carbocycles. The molecule has 1 aliphatic rings. The minimum absolute atomic E-state index is 0.0563. The van der Waals surface area contributed by atoms with Crippen molar-refractivity contribution >= 4 is 15.9 Å². The van der Waals surface area contributed by atoms with Gasteiger partial charge in [-0.25, -0.2) is 0 Å². The average molecular weight is 297 g/mol. The van der Waals surface area contributed by atoms with E-state index in [0.29, 0.717) is 0 Å². The molecule has 0 aliphatic heterocycles. The van der Waals surface area contributed by atoms with Gasteiger partial charge in [-0.3, -0.25) is 0 Å². The Morgan fingerprint density at radius 2 is 2.06 bits per heavy atom. The van der Waals surface area contributed by atoms with Crippen molar-refractivity contribution in [1.82, 2.24) is 4.90 Å². The molecule has 2 N–H and O–H groups in total. The molecule has 0 heterocycles. The van der Waals surface area contributed by atoms with E-state index in [0.717, 1.165) is 17.6 Å². The largest absolute Gasteiger partial charge is 0.324 e. The summed E-state index contributed by atoms with van der Waals surface area (Å²) in [6.07, 6.45) is 4.94. The molecule has 0 amide bonds. The quantitative estimate of drug-likeness (QED) is 0.925. The average Bonchev–Trinajstić information content (AvgIpc) is 2.64. The molecule has 2 nitrogen and oxygen atoms in total. The van der Waals surface area contributed by atoms with Crippen LogP contribution in [-0.4, -0.2) is 24.0 Å². The Morgan fingerprint density at radius 1 is 1.35 bits per heavy atom. The van der Waals surface area contributed by atoms with Gasteiger partial charge in [-0.15, -0.1) is 0 Å². The molecule has 94 valence electrons. The molecule has 1 fully saturated rings. The summed E-state index contributed by atoms with van der Waals surface area (Å²) in [5.74, 6) is 0. The number of benzene rings is 1. The minimum Gasteiger partial charge on any atom is -0.324 e. The Kier molecular flexibility index (Phi) is 4.23. The highest BCUT2D eigenvalue weighted by Gasteiger charge is 2.30. The van der Waals surface area contributed by atoms with Crippen LogP contribution in [-0.2, 0) is 6.54 Å². The van der Waals surface area contributed by atoms with Gasteiger partial charge in [-0.2, -0.15) is 0 Å². The van der Waals surface area contributed by atoms with Crippen molar-refractivity contribution < 1.29 is 0 Å². The highest BCUT2D eigenvalue weighted by atomic mass is 79.9. The molecule has 0 saturated heterocycles. The molecule has 0 radical (unpaired) electrons. The smallest absolute Gasteiger partial charge is 0.0283 e. The van der Waals surface area contributed by atoms with Crippen molar-refractivity contribution in [3.05, 3.63) is 34.3 Å². The van der Waals surface area contributed by atoms with Gasteiger partial charge in [-0.05, 0) is 37.6 Å². The monoisotopic (exact) mass is 296 g/mol. The van der Waals surface area contributed by atoms with Gasteiger partial charge in [0, 0.05) is 23.1 Å². The Morgan fingerprint density at radius 3 is 2.71 bits per heavy atom. The van der Waals surface area contributed by atoms with Crippen LogP contribution in [0.3, 0.4) is 0 Å². The number of hydrogen-bond donors (Lipinski definition) is 1. The van der Waals surface area contributed by atoms with E-state index in [9.17, 15) is 0 Å². The van der Waals surface area contributed by atoms with Crippen molar-refractivity contribution in [2.24, 2.45) is 5.73 Å². The molecule has 2 rings (SSSR count). The van der Waals surface area contributed by atoms with Crippen LogP contribution in [0.4, 0.5) is 0 Å². The first-order chi connectivity index (χ1) is 8.07. The Labute approximate surface area is 112 Å². The van der Waals surface area contributed by atoms with Crippen LogP contribution in [0.15, 0.2) is 28.7 Å². The summed E-state index contributed by atoms with van der Waals surface area (Å²) < 4.78 is 1.15. The molecule has 0 spiro atoms. The standard InChI is InChI=1S/C14H21BrN2/c1-17(11-14(16)7-2-3-8-14)10-12-5-4-6-13(15)9-12/h4-6,9H,2-3,7-8,10-11,16H2,1H3. The zero-order chi connectivity index (χ0) is 12.3. The molecule has 1 saturated carbocycles. The van der Waals surface area contributed by atoms with Gasteiger partial charge in [0.05, 0.1) is 0 Å². The summed E-state index contributed by atoms with van der Waals surface area (Å²) in [5, 5.41) is 0. The van der Waals surface area contributed by atoms with Crippen LogP contribution in [0.2, 0.25) is 0 Å². The number of nitrogens with two attached hydrogens (primary N) is 1. The third kappa shape index (κ3) is 3.80. The maximum atomic E-state index is 6.39. The predicted molar refractivity (Wildman–Crippen MR) is 75.9 cm³/mol. The maximum absolute atomic E-state index is 6.39. The van der Waals surface area contributed by atoms with Crippen LogP contribution < -0.4 is 5.73 Å². The van der Waals surface area contributed by atoms with Crippen molar-refractivity contribution in [2.75, 3.05) is 13.6 Å². The lowest BCUT2D eigenvalue weighted by Crippen LogP contribution is -2.46. The van der Waals surface area contributed by atoms with E-state index in [1.165, 1.54) is 31.2 Å². The zero-order valence-electron chi connectivity index (χ0n) is 10.5. The fraction of sp³-hybridized carbons (Fsp3) is 0.571. The van der Waals surface area contributed by atoms with E-state index in [4.69, 9.17) is 5.73 Å². The third-order valence-corrected chi connectivity index (χ3v) is 4.02. The van der Waals surface area contributed by atoms with Gasteiger partial charge in [0.25, 0.3) is 0 Å². The summed E-state index contributed by atoms with van der Waals surface area (Å²) in [5.41, 5.74) is 7.79. The molecule has 1 aromatic rings. The first-order valence-electron chi connectivity index (χ1n) is 6.29. The van der Waals surface area contributed by atoms with Crippen molar-refractivity contribution in [3.8, 4) is 0 Å². The second-order valence-corrected chi connectivity index (χ2v) is 6.29. The van der Waals surface area contributed by atoms with Crippen LogP contribution in [0.1, 0.15) is 31.2 Å². The van der Waals surface area contributed by atoms with Crippen molar-refractivity contribution in [1.29, 1.82) is 0 Å². The fourth-order valence-corrected chi connectivity index (χ4v) is 3.22. The van der Waals surface area contributed by atoms with E-state index in [2.05, 4.69) is 52.1 Å². The van der Waals surface area contributed by atoms with E-state index in [-0.39, 0.29) is 5.54 Å². The molecule has 0 unspecified atom stereocenters. The maximum Gasteiger partial charge on any atom is 0.0283 e. The normalized spacial score (nSPS) is 18.8. The number of hydrogen-bond acceptors (Lipinski definition) is 2. The summed E-state index contributed by atoms with van der Waals surface area (Å²) in [6.45, 7) is 1.97. The fourth-order valence-electron chi connectivity index (χ4n) is 2.78. The van der Waals surface area contributed by atoms with E-state index < -0.39 is 0 Å². The van der Waals surface area contributed by atoms with E-state index >= 15 is 0 Å². The minimum atomic E-state index is 0.0563. The highest BCUT2D eigenvalue weighted by Crippen LogP contribution is 2.28. The number of rotatable bonds is 4. The lowest BCUT2D eigenvalue weighted by molar-refractivity contribution is 0.241. The van der Waals surface area contributed by atoms with Gasteiger partial charge >= 0.3 is 0 Å². The summed E-state index contributed by atoms with van der Waals surface area (Å²) >= 11 is 3.51. The number of halogens is 1. The van der Waals surface area contributed by atoms with Crippen LogP contribution >= 0.6 is 15.9 Å². The molecule has 0 bridgehead atoms. The number of likely N-dealkylation sites (N-methyl/N-ethyl adjacent to an activating group) is 1. The van der Waals surface area contributed by atoms with E-state index in [1.807, 2.05) is 0 Å². The molecular formula is C14H21BrN2. The van der Waals surface area contributed by atoms with Gasteiger partial charge in [-0.1, -0.05) is 40.9 Å². The molecule has 0 aromatic heterocycles. The van der Waals surface area contributed by atoms with Gasteiger partial charge in [0.15, 0.2) is 0 Å². The second kappa shape index (κ2) is 5.51. The van der Waals surface area contributed by atoms with E-state index in [1.54, 1.807) is 0 Å². The Balaban J connectivity index is 1.90. The van der Waals surface area contributed by atoms with Gasteiger partial charge in [0.2, 0.25) is 0 Å². The van der Waals surface area contributed by atoms with Gasteiger partial charge in [0.1, 0.15) is 0 Å². The molecule has 1 aromatic carbocycles. The first-order valence-corrected chi connectivity index (χ1v) is 7.09. The lowest BCUT2D eigenvalue weighted by atomic mass is 9.98. The Bertz CT molecular complexity index is 372. The Hall–Kier alpha value is -0.380. The zero-order valence-corrected chi connectivity index (χ0v) is 12.0. The van der Waals surface area contributed by atoms with Crippen molar-refractivity contribution in [2.45, 2.75) is 37.8 Å². The van der Waals surface area contributed by atoms with Gasteiger partial charge < -0.3 is 10.6 Å². The molecule has 0 atom stereocenters. The van der Waals surface area contributed by atoms with Crippen molar-refractivity contribution in [3.63, 3.8) is 0 Å². The first kappa shape index (κ1) is 13.1. The summed E-state index contributed by atoms with van der Waals surface area (Å²) in [4.78, 5) is 2.34. The summed E-state index contributed by atoms with van der Waals surface area (Å²) in [7, 11) is 2.16. The highest BCUT2D eigenvalue weighted by molar-refractivity contribution is 9.10.